The summed E-state index contributed by atoms with van der Waals surface area (Å²) in [5.41, 5.74) is 0.348. The minimum Gasteiger partial charge on any atom is -0.369 e. The third kappa shape index (κ3) is 0.807. The Labute approximate surface area is 69.1 Å². The predicted octanol–water partition coefficient (Wildman–Crippen LogP) is 2.60. The lowest BCUT2D eigenvalue weighted by molar-refractivity contribution is -0.114. The van der Waals surface area contributed by atoms with Crippen molar-refractivity contribution >= 4 is 0 Å². The highest BCUT2D eigenvalue weighted by Crippen LogP contribution is 2.56. The highest BCUT2D eigenvalue weighted by Gasteiger charge is 2.58. The highest BCUT2D eigenvalue weighted by molar-refractivity contribution is 5.06. The van der Waals surface area contributed by atoms with E-state index in [9.17, 15) is 0 Å². The summed E-state index contributed by atoms with van der Waals surface area (Å²) in [6.07, 6.45) is 2.63. The highest BCUT2D eigenvalue weighted by atomic mass is 16.5. The van der Waals surface area contributed by atoms with Crippen molar-refractivity contribution in [1.82, 2.24) is 0 Å². The van der Waals surface area contributed by atoms with Crippen LogP contribution in [0, 0.1) is 11.8 Å². The third-order valence-corrected chi connectivity index (χ3v) is 3.91. The molecule has 0 N–H and O–H groups in total. The summed E-state index contributed by atoms with van der Waals surface area (Å²) in [6, 6.07) is 0. The molecule has 2 bridgehead atoms. The van der Waals surface area contributed by atoms with Crippen molar-refractivity contribution in [3.63, 3.8) is 0 Å². The molecule has 0 unspecified atom stereocenters. The van der Waals surface area contributed by atoms with E-state index in [1.165, 1.54) is 12.8 Å². The molecule has 1 aliphatic heterocycles. The summed E-state index contributed by atoms with van der Waals surface area (Å²) in [5.74, 6) is 1.56. The number of hydrogen-bond donors (Lipinski definition) is 0. The Morgan fingerprint density at radius 2 is 1.91 bits per heavy atom. The van der Waals surface area contributed by atoms with Crippen LogP contribution in [0.5, 0.6) is 0 Å². The van der Waals surface area contributed by atoms with Gasteiger partial charge in [-0.3, -0.25) is 0 Å². The molecule has 1 nitrogen and oxygen atoms in total. The van der Waals surface area contributed by atoms with Gasteiger partial charge in [0.05, 0.1) is 11.2 Å². The van der Waals surface area contributed by atoms with Crippen LogP contribution in [0.3, 0.4) is 0 Å². The Balaban J connectivity index is 2.33. The van der Waals surface area contributed by atoms with E-state index in [2.05, 4.69) is 27.7 Å². The van der Waals surface area contributed by atoms with E-state index in [0.29, 0.717) is 0 Å². The number of rotatable bonds is 0. The van der Waals surface area contributed by atoms with Gasteiger partial charge >= 0.3 is 0 Å². The molecule has 0 spiro atoms. The van der Waals surface area contributed by atoms with E-state index in [0.717, 1.165) is 11.8 Å². The quantitative estimate of drug-likeness (QED) is 0.521. The summed E-state index contributed by atoms with van der Waals surface area (Å²) in [4.78, 5) is 0. The molecule has 0 aromatic carbocycles. The Kier molecular flexibility index (Phi) is 1.26. The van der Waals surface area contributed by atoms with Crippen molar-refractivity contribution in [2.75, 3.05) is 0 Å². The summed E-state index contributed by atoms with van der Waals surface area (Å²) in [5, 5.41) is 0. The van der Waals surface area contributed by atoms with E-state index < -0.39 is 0 Å². The largest absolute Gasteiger partial charge is 0.369 e. The zero-order chi connectivity index (χ0) is 8.28. The van der Waals surface area contributed by atoms with Gasteiger partial charge in [-0.15, -0.1) is 0 Å². The zero-order valence-corrected chi connectivity index (χ0v) is 7.98. The van der Waals surface area contributed by atoms with Crippen LogP contribution in [-0.2, 0) is 4.74 Å². The summed E-state index contributed by atoms with van der Waals surface area (Å²) in [6.45, 7) is 9.08. The Hall–Kier alpha value is -0.0400. The fraction of sp³-hybridized carbons (Fsp3) is 1.00. The van der Waals surface area contributed by atoms with Gasteiger partial charge in [-0.25, -0.2) is 0 Å². The molecule has 2 rings (SSSR count). The molecule has 1 heterocycles. The minimum absolute atomic E-state index is 0.145. The predicted molar refractivity (Wildman–Crippen MR) is 45.5 cm³/mol. The van der Waals surface area contributed by atoms with Crippen molar-refractivity contribution in [3.8, 4) is 0 Å². The number of hydrogen-bond acceptors (Lipinski definition) is 1. The lowest BCUT2D eigenvalue weighted by Gasteiger charge is -2.33. The molecule has 3 atom stereocenters. The van der Waals surface area contributed by atoms with E-state index in [1.807, 2.05) is 0 Å². The maximum Gasteiger partial charge on any atom is 0.0691 e. The first kappa shape index (κ1) is 7.60. The fourth-order valence-electron chi connectivity index (χ4n) is 3.12. The number of fused-ring (bicyclic) bond motifs is 2. The van der Waals surface area contributed by atoms with Gasteiger partial charge in [0.1, 0.15) is 0 Å². The Morgan fingerprint density at radius 1 is 1.27 bits per heavy atom. The monoisotopic (exact) mass is 154 g/mol. The molecule has 1 heteroatoms. The van der Waals surface area contributed by atoms with Crippen LogP contribution < -0.4 is 0 Å². The van der Waals surface area contributed by atoms with Gasteiger partial charge in [-0.2, -0.15) is 0 Å². The van der Waals surface area contributed by atoms with Gasteiger partial charge in [-0.05, 0) is 45.4 Å². The Bertz CT molecular complexity index is 185. The maximum absolute atomic E-state index is 6.05. The first-order valence-corrected chi connectivity index (χ1v) is 4.66. The molecule has 1 aliphatic carbocycles. The first-order chi connectivity index (χ1) is 4.96. The maximum atomic E-state index is 6.05. The van der Waals surface area contributed by atoms with Crippen LogP contribution in [0.4, 0.5) is 0 Å². The van der Waals surface area contributed by atoms with Crippen LogP contribution in [0.25, 0.3) is 0 Å². The molecule has 0 aromatic rings. The summed E-state index contributed by atoms with van der Waals surface area (Å²) >= 11 is 0. The van der Waals surface area contributed by atoms with E-state index in [4.69, 9.17) is 4.74 Å². The van der Waals surface area contributed by atoms with Crippen molar-refractivity contribution in [2.45, 2.75) is 51.7 Å². The fourth-order valence-corrected chi connectivity index (χ4v) is 3.12. The number of ether oxygens (including phenoxy) is 1. The van der Waals surface area contributed by atoms with Gasteiger partial charge in [0, 0.05) is 0 Å². The molecule has 2 fully saturated rings. The molecule has 1 saturated heterocycles. The normalized spacial score (nSPS) is 53.5. The summed E-state index contributed by atoms with van der Waals surface area (Å²) in [7, 11) is 0. The molecule has 1 saturated carbocycles. The molecule has 0 amide bonds. The molecule has 2 aliphatic rings. The van der Waals surface area contributed by atoms with E-state index in [-0.39, 0.29) is 11.2 Å². The van der Waals surface area contributed by atoms with Gasteiger partial charge < -0.3 is 4.74 Å². The van der Waals surface area contributed by atoms with Gasteiger partial charge in [0.15, 0.2) is 0 Å². The van der Waals surface area contributed by atoms with Gasteiger partial charge in [0.2, 0.25) is 0 Å². The molecule has 0 aromatic heterocycles. The van der Waals surface area contributed by atoms with Crippen LogP contribution in [0.2, 0.25) is 0 Å². The van der Waals surface area contributed by atoms with E-state index in [1.54, 1.807) is 0 Å². The molecule has 0 radical (unpaired) electrons. The van der Waals surface area contributed by atoms with Crippen molar-refractivity contribution in [3.05, 3.63) is 0 Å². The average molecular weight is 154 g/mol. The molecule has 64 valence electrons. The van der Waals surface area contributed by atoms with Crippen LogP contribution in [0.1, 0.15) is 40.5 Å². The molecular weight excluding hydrogens is 136 g/mol. The lowest BCUT2D eigenvalue weighted by Crippen LogP contribution is -2.35. The van der Waals surface area contributed by atoms with Crippen molar-refractivity contribution in [1.29, 1.82) is 0 Å². The SMILES string of the molecule is C[C@@H]1[C@H]2CC[C@]1(C)OC2(C)C. The minimum atomic E-state index is 0.145. The second-order valence-electron chi connectivity index (χ2n) is 4.95. The zero-order valence-electron chi connectivity index (χ0n) is 7.98. The second-order valence-corrected chi connectivity index (χ2v) is 4.95. The second kappa shape index (κ2) is 1.82. The molecular formula is C10H18O. The van der Waals surface area contributed by atoms with Crippen LogP contribution in [0.15, 0.2) is 0 Å². The molecule has 11 heavy (non-hydrogen) atoms. The Morgan fingerprint density at radius 3 is 2.09 bits per heavy atom. The van der Waals surface area contributed by atoms with Crippen molar-refractivity contribution in [2.24, 2.45) is 11.8 Å². The van der Waals surface area contributed by atoms with Gasteiger partial charge in [0.25, 0.3) is 0 Å². The summed E-state index contributed by atoms with van der Waals surface area (Å²) < 4.78 is 6.05. The van der Waals surface area contributed by atoms with Crippen LogP contribution in [-0.4, -0.2) is 11.2 Å². The standard InChI is InChI=1S/C10H18O/c1-7-8-5-6-10(7,4)11-9(8,2)3/h7-8H,5-6H2,1-4H3/t7-,8-,10+/m1/s1. The lowest BCUT2D eigenvalue weighted by atomic mass is 9.84. The average Bonchev–Trinajstić information content (AvgIpc) is 2.15. The topological polar surface area (TPSA) is 9.23 Å². The van der Waals surface area contributed by atoms with Crippen molar-refractivity contribution < 1.29 is 4.74 Å². The smallest absolute Gasteiger partial charge is 0.0691 e. The van der Waals surface area contributed by atoms with E-state index >= 15 is 0 Å². The third-order valence-electron chi connectivity index (χ3n) is 3.91. The van der Waals surface area contributed by atoms with Crippen LogP contribution >= 0.6 is 0 Å². The van der Waals surface area contributed by atoms with Gasteiger partial charge in [-0.1, -0.05) is 6.92 Å². The first-order valence-electron chi connectivity index (χ1n) is 4.66.